The minimum atomic E-state index is -0.0417. The molecular weight excluding hydrogens is 196 g/mol. The fraction of sp³-hybridized carbons (Fsp3) is 0.400. The van der Waals surface area contributed by atoms with Crippen LogP contribution in [0.4, 0.5) is 0 Å². The van der Waals surface area contributed by atoms with Gasteiger partial charge >= 0.3 is 0 Å². The van der Waals surface area contributed by atoms with Gasteiger partial charge in [-0.3, -0.25) is 4.79 Å². The summed E-state index contributed by atoms with van der Waals surface area (Å²) in [5.41, 5.74) is 6.87. The maximum atomic E-state index is 11.9. The molecule has 0 bridgehead atoms. The second kappa shape index (κ2) is 3.20. The molecule has 0 saturated heterocycles. The first-order chi connectivity index (χ1) is 6.61. The van der Waals surface area contributed by atoms with E-state index in [1.54, 1.807) is 10.6 Å². The molecule has 1 aromatic heterocycles. The number of aryl methyl sites for hydroxylation is 1. The number of nitrogens with two attached hydrogens (primary N) is 1. The van der Waals surface area contributed by atoms with Crippen LogP contribution in [-0.2, 0) is 0 Å². The van der Waals surface area contributed by atoms with E-state index in [0.29, 0.717) is 11.6 Å². The van der Waals surface area contributed by atoms with Crippen molar-refractivity contribution in [1.29, 1.82) is 0 Å². The largest absolute Gasteiger partial charge is 0.389 e. The van der Waals surface area contributed by atoms with Crippen LogP contribution in [0, 0.1) is 6.92 Å². The number of pyridine rings is 1. The van der Waals surface area contributed by atoms with Gasteiger partial charge in [0.05, 0.1) is 5.56 Å². The summed E-state index contributed by atoms with van der Waals surface area (Å²) in [7, 11) is 0. The summed E-state index contributed by atoms with van der Waals surface area (Å²) in [4.78, 5) is 12.1. The van der Waals surface area contributed by atoms with Crippen LogP contribution in [0.1, 0.15) is 30.1 Å². The topological polar surface area (TPSA) is 48.0 Å². The molecule has 0 radical (unpaired) electrons. The summed E-state index contributed by atoms with van der Waals surface area (Å²) < 4.78 is 1.80. The first-order valence-corrected chi connectivity index (χ1v) is 5.04. The Morgan fingerprint density at radius 2 is 2.21 bits per heavy atom. The summed E-state index contributed by atoms with van der Waals surface area (Å²) in [5, 5.41) is 0. The van der Waals surface area contributed by atoms with Crippen LogP contribution < -0.4 is 11.3 Å². The quantitative estimate of drug-likeness (QED) is 0.741. The Labute approximate surface area is 87.5 Å². The van der Waals surface area contributed by atoms with Gasteiger partial charge in [0.25, 0.3) is 5.56 Å². The Balaban J connectivity index is 2.62. The van der Waals surface area contributed by atoms with Crippen LogP contribution >= 0.6 is 12.2 Å². The van der Waals surface area contributed by atoms with Gasteiger partial charge in [0, 0.05) is 11.7 Å². The monoisotopic (exact) mass is 208 g/mol. The predicted octanol–water partition coefficient (Wildman–Crippen LogP) is 1.13. The molecule has 1 aliphatic carbocycles. The molecule has 1 heterocycles. The molecule has 4 heteroatoms. The van der Waals surface area contributed by atoms with E-state index in [4.69, 9.17) is 18.0 Å². The first-order valence-electron chi connectivity index (χ1n) is 4.63. The third-order valence-corrected chi connectivity index (χ3v) is 2.72. The van der Waals surface area contributed by atoms with E-state index < -0.39 is 0 Å². The van der Waals surface area contributed by atoms with Crippen molar-refractivity contribution in [3.8, 4) is 0 Å². The zero-order chi connectivity index (χ0) is 10.3. The summed E-state index contributed by atoms with van der Waals surface area (Å²) in [6.07, 6.45) is 2.17. The highest BCUT2D eigenvalue weighted by Gasteiger charge is 2.26. The molecule has 74 valence electrons. The van der Waals surface area contributed by atoms with Gasteiger partial charge in [-0.25, -0.2) is 0 Å². The standard InChI is InChI=1S/C10H12N2OS/c1-6-2-5-8(9(11)14)10(13)12(6)7-3-4-7/h2,5,7H,3-4H2,1H3,(H2,11,14). The summed E-state index contributed by atoms with van der Waals surface area (Å²) in [5.74, 6) is 0. The minimum Gasteiger partial charge on any atom is -0.389 e. The number of nitrogens with zero attached hydrogens (tertiary/aromatic N) is 1. The van der Waals surface area contributed by atoms with Gasteiger partial charge in [-0.15, -0.1) is 0 Å². The van der Waals surface area contributed by atoms with Gasteiger partial charge in [-0.2, -0.15) is 0 Å². The SMILES string of the molecule is Cc1ccc(C(N)=S)c(=O)n1C1CC1. The Bertz CT molecular complexity index is 446. The molecule has 3 nitrogen and oxygen atoms in total. The molecule has 1 aromatic rings. The van der Waals surface area contributed by atoms with E-state index in [9.17, 15) is 4.79 Å². The lowest BCUT2D eigenvalue weighted by molar-refractivity contribution is 0.680. The van der Waals surface area contributed by atoms with Gasteiger partial charge in [0.15, 0.2) is 0 Å². The molecule has 0 atom stereocenters. The van der Waals surface area contributed by atoms with Crippen LogP contribution in [0.2, 0.25) is 0 Å². The molecule has 14 heavy (non-hydrogen) atoms. The number of hydrogen-bond donors (Lipinski definition) is 1. The van der Waals surface area contributed by atoms with Crippen molar-refractivity contribution in [1.82, 2.24) is 4.57 Å². The molecule has 0 amide bonds. The van der Waals surface area contributed by atoms with E-state index in [1.165, 1.54) is 0 Å². The minimum absolute atomic E-state index is 0.0417. The van der Waals surface area contributed by atoms with Gasteiger partial charge in [-0.05, 0) is 31.9 Å². The molecule has 1 fully saturated rings. The Morgan fingerprint density at radius 1 is 1.57 bits per heavy atom. The summed E-state index contributed by atoms with van der Waals surface area (Å²) in [6.45, 7) is 1.93. The summed E-state index contributed by atoms with van der Waals surface area (Å²) >= 11 is 4.82. The highest BCUT2D eigenvalue weighted by molar-refractivity contribution is 7.80. The number of thiocarbonyl (C=S) groups is 1. The third kappa shape index (κ3) is 1.46. The van der Waals surface area contributed by atoms with Crippen molar-refractivity contribution >= 4 is 17.2 Å². The maximum absolute atomic E-state index is 11.9. The van der Waals surface area contributed by atoms with Gasteiger partial charge in [0.1, 0.15) is 4.99 Å². The van der Waals surface area contributed by atoms with Crippen molar-refractivity contribution in [3.63, 3.8) is 0 Å². The summed E-state index contributed by atoms with van der Waals surface area (Å²) in [6, 6.07) is 3.98. The lowest BCUT2D eigenvalue weighted by atomic mass is 10.2. The molecule has 0 unspecified atom stereocenters. The number of aromatic nitrogens is 1. The number of rotatable bonds is 2. The zero-order valence-corrected chi connectivity index (χ0v) is 8.80. The molecule has 0 spiro atoms. The lowest BCUT2D eigenvalue weighted by Crippen LogP contribution is -2.29. The van der Waals surface area contributed by atoms with E-state index in [2.05, 4.69) is 0 Å². The second-order valence-corrected chi connectivity index (χ2v) is 4.10. The van der Waals surface area contributed by atoms with Crippen LogP contribution in [0.3, 0.4) is 0 Å². The van der Waals surface area contributed by atoms with Gasteiger partial charge in [-0.1, -0.05) is 12.2 Å². The van der Waals surface area contributed by atoms with E-state index >= 15 is 0 Å². The molecule has 2 N–H and O–H groups in total. The highest BCUT2D eigenvalue weighted by atomic mass is 32.1. The molecule has 1 aliphatic rings. The van der Waals surface area contributed by atoms with Crippen molar-refractivity contribution in [2.75, 3.05) is 0 Å². The predicted molar refractivity (Wildman–Crippen MR) is 59.6 cm³/mol. The fourth-order valence-electron chi connectivity index (χ4n) is 1.62. The Hall–Kier alpha value is -1.16. The zero-order valence-electron chi connectivity index (χ0n) is 7.99. The van der Waals surface area contributed by atoms with Crippen molar-refractivity contribution in [2.24, 2.45) is 5.73 Å². The molecule has 0 aromatic carbocycles. The van der Waals surface area contributed by atoms with Gasteiger partial charge < -0.3 is 10.3 Å². The second-order valence-electron chi connectivity index (χ2n) is 3.66. The van der Waals surface area contributed by atoms with Crippen LogP contribution in [-0.4, -0.2) is 9.56 Å². The Morgan fingerprint density at radius 3 is 2.71 bits per heavy atom. The van der Waals surface area contributed by atoms with Crippen molar-refractivity contribution in [3.05, 3.63) is 33.7 Å². The van der Waals surface area contributed by atoms with Crippen molar-refractivity contribution < 1.29 is 0 Å². The third-order valence-electron chi connectivity index (χ3n) is 2.50. The maximum Gasteiger partial charge on any atom is 0.261 e. The fourth-order valence-corrected chi connectivity index (χ4v) is 1.77. The normalized spacial score (nSPS) is 15.5. The smallest absolute Gasteiger partial charge is 0.261 e. The van der Waals surface area contributed by atoms with E-state index in [0.717, 1.165) is 18.5 Å². The average Bonchev–Trinajstić information content (AvgIpc) is 2.87. The van der Waals surface area contributed by atoms with Crippen LogP contribution in [0.5, 0.6) is 0 Å². The van der Waals surface area contributed by atoms with Crippen LogP contribution in [0.15, 0.2) is 16.9 Å². The lowest BCUT2D eigenvalue weighted by Gasteiger charge is -2.09. The molecule has 2 rings (SSSR count). The highest BCUT2D eigenvalue weighted by Crippen LogP contribution is 2.34. The van der Waals surface area contributed by atoms with Gasteiger partial charge in [0.2, 0.25) is 0 Å². The Kier molecular flexibility index (Phi) is 2.15. The first kappa shape index (κ1) is 9.40. The molecular formula is C10H12N2OS. The van der Waals surface area contributed by atoms with Crippen LogP contribution in [0.25, 0.3) is 0 Å². The van der Waals surface area contributed by atoms with Crippen molar-refractivity contribution in [2.45, 2.75) is 25.8 Å². The van der Waals surface area contributed by atoms with E-state index in [-0.39, 0.29) is 10.5 Å². The molecule has 0 aliphatic heterocycles. The van der Waals surface area contributed by atoms with E-state index in [1.807, 2.05) is 13.0 Å². The average molecular weight is 208 g/mol. The molecule has 1 saturated carbocycles. The number of hydrogen-bond acceptors (Lipinski definition) is 2.